The lowest BCUT2D eigenvalue weighted by Gasteiger charge is -2.12. The number of pyridine rings is 1. The number of methoxy groups -OCH3 is 1. The van der Waals surface area contributed by atoms with Crippen LogP contribution < -0.4 is 14.8 Å². The highest BCUT2D eigenvalue weighted by molar-refractivity contribution is 7.98. The van der Waals surface area contributed by atoms with Gasteiger partial charge < -0.3 is 14.8 Å². The average Bonchev–Trinajstić information content (AvgIpc) is 2.73. The van der Waals surface area contributed by atoms with Gasteiger partial charge in [0.2, 0.25) is 0 Å². The van der Waals surface area contributed by atoms with Gasteiger partial charge in [0.25, 0.3) is 5.91 Å². The number of amides is 1. The maximum atomic E-state index is 12.2. The fourth-order valence-corrected chi connectivity index (χ4v) is 2.99. The van der Waals surface area contributed by atoms with Crippen LogP contribution in [-0.2, 0) is 10.5 Å². The quantitative estimate of drug-likeness (QED) is 0.461. The van der Waals surface area contributed by atoms with Crippen LogP contribution in [0, 0.1) is 6.92 Å². The minimum absolute atomic E-state index is 0.136. The number of hydrogen-bond acceptors (Lipinski definition) is 7. The summed E-state index contributed by atoms with van der Waals surface area (Å²) in [6, 6.07) is 11.1. The van der Waals surface area contributed by atoms with E-state index >= 15 is 0 Å². The third kappa shape index (κ3) is 5.68. The number of hydrogen-bond donors (Lipinski definition) is 1. The third-order valence-corrected chi connectivity index (χ3v) is 4.60. The van der Waals surface area contributed by atoms with Crippen molar-refractivity contribution >= 4 is 23.4 Å². The lowest BCUT2D eigenvalue weighted by Crippen LogP contribution is -2.20. The molecule has 3 rings (SSSR count). The number of nitrogens with one attached hydrogen (secondary N) is 1. The fraction of sp³-hybridized carbons (Fsp3) is 0.200. The molecule has 0 aliphatic rings. The highest BCUT2D eigenvalue weighted by Crippen LogP contribution is 2.28. The summed E-state index contributed by atoms with van der Waals surface area (Å²) in [5, 5.41) is 3.46. The number of carbonyl (C=O) groups excluding carboxylic acids is 1. The van der Waals surface area contributed by atoms with Crippen molar-refractivity contribution in [1.29, 1.82) is 0 Å². The van der Waals surface area contributed by atoms with Gasteiger partial charge in [0.15, 0.2) is 23.3 Å². The van der Waals surface area contributed by atoms with Crippen LogP contribution in [0.25, 0.3) is 0 Å². The predicted molar refractivity (Wildman–Crippen MR) is 108 cm³/mol. The summed E-state index contributed by atoms with van der Waals surface area (Å²) in [5.74, 6) is 1.24. The summed E-state index contributed by atoms with van der Waals surface area (Å²) in [4.78, 5) is 24.8. The summed E-state index contributed by atoms with van der Waals surface area (Å²) < 4.78 is 10.9. The zero-order chi connectivity index (χ0) is 19.8. The van der Waals surface area contributed by atoms with E-state index in [1.54, 1.807) is 30.7 Å². The molecule has 0 radical (unpaired) electrons. The lowest BCUT2D eigenvalue weighted by atomic mass is 10.2. The molecule has 1 aromatic carbocycles. The molecule has 8 heteroatoms. The molecule has 3 aromatic rings. The second kappa shape index (κ2) is 9.70. The Morgan fingerprint density at radius 2 is 1.86 bits per heavy atom. The molecular formula is C20H20N4O3S. The fourth-order valence-electron chi connectivity index (χ4n) is 2.29. The average molecular weight is 396 g/mol. The van der Waals surface area contributed by atoms with Crippen molar-refractivity contribution in [2.24, 2.45) is 0 Å². The number of carbonyl (C=O) groups is 1. The van der Waals surface area contributed by atoms with E-state index in [0.717, 1.165) is 16.9 Å². The van der Waals surface area contributed by atoms with E-state index in [1.807, 2.05) is 31.2 Å². The molecule has 1 N–H and O–H groups in total. The van der Waals surface area contributed by atoms with Crippen molar-refractivity contribution in [3.8, 4) is 11.5 Å². The monoisotopic (exact) mass is 396 g/mol. The predicted octanol–water partition coefficient (Wildman–Crippen LogP) is 3.50. The number of rotatable bonds is 8. The summed E-state index contributed by atoms with van der Waals surface area (Å²) in [6.07, 6.45) is 4.96. The Kier molecular flexibility index (Phi) is 6.80. The minimum atomic E-state index is -0.253. The topological polar surface area (TPSA) is 86.2 Å². The van der Waals surface area contributed by atoms with Crippen LogP contribution in [0.3, 0.4) is 0 Å². The maximum absolute atomic E-state index is 12.2. The van der Waals surface area contributed by atoms with Gasteiger partial charge in [0.05, 0.1) is 19.0 Å². The molecule has 0 fully saturated rings. The number of nitrogens with zero attached hydrogens (tertiary/aromatic N) is 3. The molecule has 0 atom stereocenters. The van der Waals surface area contributed by atoms with Gasteiger partial charge in [-0.15, -0.1) is 0 Å². The highest BCUT2D eigenvalue weighted by Gasteiger charge is 2.11. The largest absolute Gasteiger partial charge is 0.491 e. The molecule has 0 unspecified atom stereocenters. The van der Waals surface area contributed by atoms with Crippen LogP contribution in [0.15, 0.2) is 60.1 Å². The third-order valence-electron chi connectivity index (χ3n) is 3.69. The van der Waals surface area contributed by atoms with Crippen LogP contribution >= 0.6 is 11.8 Å². The Labute approximate surface area is 167 Å². The van der Waals surface area contributed by atoms with Gasteiger partial charge in [0, 0.05) is 29.9 Å². The van der Waals surface area contributed by atoms with E-state index in [1.165, 1.54) is 18.9 Å². The second-order valence-electron chi connectivity index (χ2n) is 5.85. The standard InChI is InChI=1S/C20H20N4O3S/c1-14-4-6-15(7-5-14)24-19(25)12-27-17-10-16(23-11-18(17)26-2)13-28-20-21-8-3-9-22-20/h3-11H,12-13H2,1-2H3,(H,24,25). The molecule has 7 nitrogen and oxygen atoms in total. The van der Waals surface area contributed by atoms with E-state index in [-0.39, 0.29) is 12.5 Å². The zero-order valence-electron chi connectivity index (χ0n) is 15.6. The summed E-state index contributed by atoms with van der Waals surface area (Å²) in [5.41, 5.74) is 2.62. The first-order valence-electron chi connectivity index (χ1n) is 8.56. The summed E-state index contributed by atoms with van der Waals surface area (Å²) >= 11 is 1.46. The van der Waals surface area contributed by atoms with Gasteiger partial charge in [0.1, 0.15) is 0 Å². The molecule has 2 aromatic heterocycles. The summed E-state index contributed by atoms with van der Waals surface area (Å²) in [7, 11) is 1.53. The number of aryl methyl sites for hydroxylation is 1. The number of aromatic nitrogens is 3. The number of benzene rings is 1. The highest BCUT2D eigenvalue weighted by atomic mass is 32.2. The molecule has 0 aliphatic carbocycles. The number of ether oxygens (including phenoxy) is 2. The smallest absolute Gasteiger partial charge is 0.262 e. The molecule has 144 valence electrons. The van der Waals surface area contributed by atoms with Gasteiger partial charge in [-0.3, -0.25) is 9.78 Å². The van der Waals surface area contributed by atoms with Crippen molar-refractivity contribution in [2.75, 3.05) is 19.0 Å². The SMILES string of the molecule is COc1cnc(CSc2ncccn2)cc1OCC(=O)Nc1ccc(C)cc1. The van der Waals surface area contributed by atoms with Gasteiger partial charge >= 0.3 is 0 Å². The minimum Gasteiger partial charge on any atom is -0.491 e. The van der Waals surface area contributed by atoms with E-state index < -0.39 is 0 Å². The van der Waals surface area contributed by atoms with Crippen molar-refractivity contribution < 1.29 is 14.3 Å². The van der Waals surface area contributed by atoms with Crippen LogP contribution in [0.1, 0.15) is 11.3 Å². The van der Waals surface area contributed by atoms with Crippen LogP contribution in [0.4, 0.5) is 5.69 Å². The first-order valence-corrected chi connectivity index (χ1v) is 9.54. The zero-order valence-corrected chi connectivity index (χ0v) is 16.4. The van der Waals surface area contributed by atoms with Crippen LogP contribution in [0.2, 0.25) is 0 Å². The normalized spacial score (nSPS) is 10.4. The molecule has 0 saturated carbocycles. The van der Waals surface area contributed by atoms with E-state index in [2.05, 4.69) is 20.3 Å². The summed E-state index contributed by atoms with van der Waals surface area (Å²) in [6.45, 7) is 1.85. The maximum Gasteiger partial charge on any atom is 0.262 e. The van der Waals surface area contributed by atoms with Gasteiger partial charge in [-0.2, -0.15) is 0 Å². The number of anilines is 1. The molecular weight excluding hydrogens is 376 g/mol. The molecule has 0 spiro atoms. The molecule has 2 heterocycles. The Morgan fingerprint density at radius 3 is 2.57 bits per heavy atom. The molecule has 0 bridgehead atoms. The van der Waals surface area contributed by atoms with Gasteiger partial charge in [-0.1, -0.05) is 29.5 Å². The van der Waals surface area contributed by atoms with Crippen molar-refractivity contribution in [3.05, 3.63) is 66.2 Å². The van der Waals surface area contributed by atoms with Gasteiger partial charge in [-0.05, 0) is 25.1 Å². The molecule has 0 aliphatic heterocycles. The molecule has 1 amide bonds. The Morgan fingerprint density at radius 1 is 1.11 bits per heavy atom. The molecule has 28 heavy (non-hydrogen) atoms. The lowest BCUT2D eigenvalue weighted by molar-refractivity contribution is -0.118. The Bertz CT molecular complexity index is 920. The van der Waals surface area contributed by atoms with Crippen LogP contribution in [-0.4, -0.2) is 34.6 Å². The Balaban J connectivity index is 1.59. The van der Waals surface area contributed by atoms with Crippen molar-refractivity contribution in [1.82, 2.24) is 15.0 Å². The van der Waals surface area contributed by atoms with E-state index in [4.69, 9.17) is 9.47 Å². The van der Waals surface area contributed by atoms with Gasteiger partial charge in [-0.25, -0.2) is 9.97 Å². The van der Waals surface area contributed by atoms with E-state index in [0.29, 0.717) is 22.4 Å². The Hall–Kier alpha value is -3.13. The van der Waals surface area contributed by atoms with Crippen LogP contribution in [0.5, 0.6) is 11.5 Å². The van der Waals surface area contributed by atoms with E-state index in [9.17, 15) is 4.79 Å². The van der Waals surface area contributed by atoms with Crippen molar-refractivity contribution in [2.45, 2.75) is 17.8 Å². The molecule has 0 saturated heterocycles. The van der Waals surface area contributed by atoms with Crippen molar-refractivity contribution in [3.63, 3.8) is 0 Å². The second-order valence-corrected chi connectivity index (χ2v) is 6.79. The first-order chi connectivity index (χ1) is 13.6. The number of thioether (sulfide) groups is 1. The first kappa shape index (κ1) is 19.6.